The Labute approximate surface area is 232 Å². The number of fused-ring (bicyclic) bond motifs is 2. The Hall–Kier alpha value is -3.70. The summed E-state index contributed by atoms with van der Waals surface area (Å²) in [6.07, 6.45) is 2.23. The second-order valence-electron chi connectivity index (χ2n) is 12.0. The van der Waals surface area contributed by atoms with Crippen LogP contribution in [0, 0.1) is 27.7 Å². The standard InChI is InChI=1S/C34H36O4Si/c1-19-7-23-15-24-8-20(2)10-26(32(24)36)17-28-12-22(4)14-30-18-29-13-21(3)11-27(16-25(9-19)31(23)35)33(29)37-39(5,6)38-34(28)30/h7-14,35-36H,15-18H2,1-6H3. The Morgan fingerprint density at radius 2 is 0.692 bits per heavy atom. The van der Waals surface area contributed by atoms with Crippen molar-refractivity contribution in [2.24, 2.45) is 0 Å². The van der Waals surface area contributed by atoms with Gasteiger partial charge in [0.05, 0.1) is 0 Å². The van der Waals surface area contributed by atoms with E-state index in [1.807, 2.05) is 12.1 Å². The van der Waals surface area contributed by atoms with Crippen molar-refractivity contribution < 1.29 is 19.1 Å². The van der Waals surface area contributed by atoms with Crippen LogP contribution in [0.4, 0.5) is 0 Å². The van der Waals surface area contributed by atoms with E-state index in [4.69, 9.17) is 8.85 Å². The van der Waals surface area contributed by atoms with Crippen molar-refractivity contribution >= 4 is 8.56 Å². The third kappa shape index (κ3) is 4.80. The molecular weight excluding hydrogens is 500 g/mol. The van der Waals surface area contributed by atoms with E-state index in [1.54, 1.807) is 0 Å². The molecule has 5 heteroatoms. The van der Waals surface area contributed by atoms with E-state index in [2.05, 4.69) is 77.2 Å². The van der Waals surface area contributed by atoms with Crippen LogP contribution >= 0.6 is 0 Å². The molecule has 0 atom stereocenters. The molecule has 0 saturated carbocycles. The number of hydrogen-bond donors (Lipinski definition) is 2. The van der Waals surface area contributed by atoms with Gasteiger partial charge in [0.15, 0.2) is 0 Å². The van der Waals surface area contributed by atoms with E-state index in [0.717, 1.165) is 67.1 Å². The van der Waals surface area contributed by atoms with Crippen molar-refractivity contribution in [1.82, 2.24) is 0 Å². The van der Waals surface area contributed by atoms with Crippen molar-refractivity contribution in [1.29, 1.82) is 0 Å². The summed E-state index contributed by atoms with van der Waals surface area (Å²) in [4.78, 5) is 0. The van der Waals surface area contributed by atoms with Gasteiger partial charge in [0.2, 0.25) is 0 Å². The predicted octanol–water partition coefficient (Wildman–Crippen LogP) is 7.48. The van der Waals surface area contributed by atoms with Gasteiger partial charge in [-0.1, -0.05) is 70.8 Å². The average Bonchev–Trinajstić information content (AvgIpc) is 2.82. The Morgan fingerprint density at radius 1 is 0.462 bits per heavy atom. The summed E-state index contributed by atoms with van der Waals surface area (Å²) in [5.41, 5.74) is 12.3. The van der Waals surface area contributed by atoms with Gasteiger partial charge in [-0.05, 0) is 72.2 Å². The molecule has 200 valence electrons. The maximum atomic E-state index is 11.5. The first kappa shape index (κ1) is 25.6. The normalized spacial score (nSPS) is 15.3. The van der Waals surface area contributed by atoms with Gasteiger partial charge in [-0.25, -0.2) is 0 Å². The Balaban J connectivity index is 1.69. The van der Waals surface area contributed by atoms with Crippen LogP contribution in [0.25, 0.3) is 0 Å². The molecule has 3 aliphatic rings. The number of aryl methyl sites for hydroxylation is 4. The molecule has 2 heterocycles. The third-order valence-corrected chi connectivity index (χ3v) is 9.21. The zero-order valence-corrected chi connectivity index (χ0v) is 24.7. The molecule has 0 unspecified atom stereocenters. The van der Waals surface area contributed by atoms with Crippen LogP contribution in [-0.2, 0) is 25.7 Å². The summed E-state index contributed by atoms with van der Waals surface area (Å²) in [6.45, 7) is 12.6. The maximum Gasteiger partial charge on any atom is 0.454 e. The fourth-order valence-electron chi connectivity index (χ4n) is 6.39. The molecule has 2 N–H and O–H groups in total. The summed E-state index contributed by atoms with van der Waals surface area (Å²) < 4.78 is 13.6. The number of aromatic hydroxyl groups is 2. The Bertz CT molecular complexity index is 1530. The molecule has 7 rings (SSSR count). The smallest absolute Gasteiger partial charge is 0.454 e. The molecule has 4 aromatic rings. The van der Waals surface area contributed by atoms with Crippen molar-refractivity contribution in [3.05, 3.63) is 115 Å². The summed E-state index contributed by atoms with van der Waals surface area (Å²) >= 11 is 0. The van der Waals surface area contributed by atoms with Crippen LogP contribution in [0.2, 0.25) is 13.1 Å². The third-order valence-electron chi connectivity index (χ3n) is 7.82. The fourth-order valence-corrected chi connectivity index (χ4v) is 7.93. The molecule has 1 aliphatic carbocycles. The second kappa shape index (κ2) is 9.20. The monoisotopic (exact) mass is 536 g/mol. The van der Waals surface area contributed by atoms with E-state index in [1.165, 1.54) is 11.1 Å². The first-order chi connectivity index (χ1) is 18.5. The van der Waals surface area contributed by atoms with Gasteiger partial charge in [0.1, 0.15) is 23.0 Å². The van der Waals surface area contributed by atoms with Crippen LogP contribution in [0.1, 0.15) is 66.8 Å². The SMILES string of the molecule is Cc1cc2c(O)c(c1)Cc1cc(C)cc3c1O[Si](C)(C)Oc1c(cc(C)cc1C3)Cc1cc(C)cc(c1O)C2. The zero-order valence-electron chi connectivity index (χ0n) is 23.7. The number of rotatable bonds is 0. The van der Waals surface area contributed by atoms with E-state index in [0.29, 0.717) is 25.7 Å². The lowest BCUT2D eigenvalue weighted by molar-refractivity contribution is 0.385. The number of phenols is 2. The van der Waals surface area contributed by atoms with E-state index < -0.39 is 8.56 Å². The number of benzene rings is 4. The molecule has 0 amide bonds. The van der Waals surface area contributed by atoms with Gasteiger partial charge < -0.3 is 19.1 Å². The summed E-state index contributed by atoms with van der Waals surface area (Å²) in [5, 5.41) is 23.0. The molecule has 0 saturated heterocycles. The van der Waals surface area contributed by atoms with Crippen molar-refractivity contribution in [2.45, 2.75) is 66.5 Å². The number of phenolic OH excluding ortho intramolecular Hbond substituents is 2. The summed E-state index contributed by atoms with van der Waals surface area (Å²) in [5.74, 6) is 2.34. The summed E-state index contributed by atoms with van der Waals surface area (Å²) in [7, 11) is -2.68. The zero-order chi connectivity index (χ0) is 27.6. The Morgan fingerprint density at radius 3 is 1.00 bits per heavy atom. The van der Waals surface area contributed by atoms with Crippen LogP contribution in [0.5, 0.6) is 23.0 Å². The molecule has 0 radical (unpaired) electrons. The lowest BCUT2D eigenvalue weighted by atomic mass is 9.89. The lowest BCUT2D eigenvalue weighted by Crippen LogP contribution is -2.43. The quantitative estimate of drug-likeness (QED) is 0.201. The molecule has 39 heavy (non-hydrogen) atoms. The van der Waals surface area contributed by atoms with Gasteiger partial charge in [0.25, 0.3) is 0 Å². The van der Waals surface area contributed by atoms with Crippen LogP contribution in [0.3, 0.4) is 0 Å². The van der Waals surface area contributed by atoms with Crippen molar-refractivity contribution in [3.8, 4) is 23.0 Å². The second-order valence-corrected chi connectivity index (χ2v) is 15.2. The van der Waals surface area contributed by atoms with E-state index in [-0.39, 0.29) is 11.5 Å². The predicted molar refractivity (Wildman–Crippen MR) is 158 cm³/mol. The minimum atomic E-state index is -2.68. The van der Waals surface area contributed by atoms with Crippen LogP contribution in [0.15, 0.2) is 48.5 Å². The van der Waals surface area contributed by atoms with Crippen molar-refractivity contribution in [3.63, 3.8) is 0 Å². The first-order valence-electron chi connectivity index (χ1n) is 13.7. The molecule has 4 nitrogen and oxygen atoms in total. The molecule has 2 aliphatic heterocycles. The highest BCUT2D eigenvalue weighted by molar-refractivity contribution is 6.66. The molecule has 0 spiro atoms. The minimum Gasteiger partial charge on any atom is -0.512 e. The van der Waals surface area contributed by atoms with Gasteiger partial charge >= 0.3 is 8.56 Å². The van der Waals surface area contributed by atoms with E-state index in [9.17, 15) is 10.2 Å². The fraction of sp³-hybridized carbons (Fsp3) is 0.294. The first-order valence-corrected chi connectivity index (χ1v) is 16.5. The summed E-state index contributed by atoms with van der Waals surface area (Å²) in [6, 6.07) is 17.0. The molecule has 10 bridgehead atoms. The highest BCUT2D eigenvalue weighted by Crippen LogP contribution is 2.42. The minimum absolute atomic E-state index is 0.284. The molecule has 0 fully saturated rings. The van der Waals surface area contributed by atoms with Gasteiger partial charge in [-0.2, -0.15) is 0 Å². The largest absolute Gasteiger partial charge is 0.512 e. The molecular formula is C34H36O4Si. The van der Waals surface area contributed by atoms with Crippen LogP contribution < -0.4 is 8.85 Å². The maximum absolute atomic E-state index is 11.5. The van der Waals surface area contributed by atoms with Gasteiger partial charge in [0, 0.05) is 38.8 Å². The highest BCUT2D eigenvalue weighted by Gasteiger charge is 2.35. The van der Waals surface area contributed by atoms with E-state index >= 15 is 0 Å². The lowest BCUT2D eigenvalue weighted by Gasteiger charge is -2.33. The average molecular weight is 537 g/mol. The van der Waals surface area contributed by atoms with Crippen LogP contribution in [-0.4, -0.2) is 18.8 Å². The Kier molecular flexibility index (Phi) is 6.03. The molecule has 0 aromatic heterocycles. The van der Waals surface area contributed by atoms with Gasteiger partial charge in [-0.15, -0.1) is 0 Å². The highest BCUT2D eigenvalue weighted by atomic mass is 28.4. The van der Waals surface area contributed by atoms with Crippen molar-refractivity contribution in [2.75, 3.05) is 0 Å². The topological polar surface area (TPSA) is 58.9 Å². The molecule has 4 aromatic carbocycles. The van der Waals surface area contributed by atoms with Gasteiger partial charge in [-0.3, -0.25) is 0 Å². The number of hydrogen-bond acceptors (Lipinski definition) is 4.